The van der Waals surface area contributed by atoms with Gasteiger partial charge in [-0.2, -0.15) is 0 Å². The van der Waals surface area contributed by atoms with Gasteiger partial charge in [-0.15, -0.1) is 0 Å². The number of carbonyl (C=O) groups excluding carboxylic acids is 1. The number of nitrogens with zero attached hydrogens (tertiary/aromatic N) is 3. The number of pyridine rings is 1. The van der Waals surface area contributed by atoms with Gasteiger partial charge < -0.3 is 10.1 Å². The molecule has 1 amide bonds. The average molecular weight is 553 g/mol. The summed E-state index contributed by atoms with van der Waals surface area (Å²) in [6.45, 7) is 17.2. The molecule has 0 spiro atoms. The molecule has 220 valence electrons. The normalized spacial score (nSPS) is 11.8. The van der Waals surface area contributed by atoms with Gasteiger partial charge in [0.2, 0.25) is 0 Å². The molecule has 0 saturated heterocycles. The molecule has 2 rings (SSSR count). The van der Waals surface area contributed by atoms with Gasteiger partial charge in [-0.25, -0.2) is 4.89 Å². The third-order valence-electron chi connectivity index (χ3n) is 6.87. The molecule has 0 aliphatic rings. The van der Waals surface area contributed by atoms with Gasteiger partial charge in [0.25, 0.3) is 5.91 Å². The highest BCUT2D eigenvalue weighted by molar-refractivity contribution is 5.77. The van der Waals surface area contributed by atoms with E-state index >= 15 is 0 Å². The van der Waals surface area contributed by atoms with Gasteiger partial charge in [0.15, 0.2) is 6.61 Å². The third-order valence-corrected chi connectivity index (χ3v) is 6.87. The minimum Gasteiger partial charge on any atom is -0.484 e. The van der Waals surface area contributed by atoms with E-state index in [1.165, 1.54) is 0 Å². The van der Waals surface area contributed by atoms with Crippen molar-refractivity contribution in [1.82, 2.24) is 20.1 Å². The molecule has 0 unspecified atom stereocenters. The molecule has 2 aromatic rings. The van der Waals surface area contributed by atoms with E-state index in [4.69, 9.17) is 15.0 Å². The van der Waals surface area contributed by atoms with Crippen molar-refractivity contribution >= 4 is 5.91 Å². The maximum Gasteiger partial charge on any atom is 0.257 e. The summed E-state index contributed by atoms with van der Waals surface area (Å²) < 4.78 is 5.64. The number of benzene rings is 1. The smallest absolute Gasteiger partial charge is 0.257 e. The molecule has 0 aliphatic carbocycles. The van der Waals surface area contributed by atoms with Crippen LogP contribution in [0, 0.1) is 17.8 Å². The van der Waals surface area contributed by atoms with Gasteiger partial charge in [-0.3, -0.25) is 24.8 Å². The molecule has 1 heterocycles. The topological polar surface area (TPSA) is 87.2 Å². The van der Waals surface area contributed by atoms with Crippen molar-refractivity contribution in [2.75, 3.05) is 45.9 Å². The monoisotopic (exact) mass is 552 g/mol. The summed E-state index contributed by atoms with van der Waals surface area (Å²) in [6.07, 6.45) is 2.78. The molecule has 0 aliphatic heterocycles. The zero-order valence-electron chi connectivity index (χ0n) is 25.0. The summed E-state index contributed by atoms with van der Waals surface area (Å²) >= 11 is 0. The van der Waals surface area contributed by atoms with Crippen molar-refractivity contribution in [3.8, 4) is 17.6 Å². The zero-order valence-corrected chi connectivity index (χ0v) is 25.0. The standard InChI is InChI=1S/C32H48N4O4/c1-6-35(7-2)22-29-20-28(21-30(34-29)23-36(8-3)9-4)14-13-27-15-17-31(18-16-27)39-25-32(37)33-19-11-10-12-26(5)24-40-38/h15-18,20-21,26,38H,6-12,19,22-25H2,1-5H3,(H,33,37)/t26-/m0/s1. The fourth-order valence-corrected chi connectivity index (χ4v) is 4.27. The molecule has 1 atom stereocenters. The van der Waals surface area contributed by atoms with Crippen LogP contribution in [-0.2, 0) is 22.8 Å². The van der Waals surface area contributed by atoms with E-state index in [1.54, 1.807) is 0 Å². The minimum atomic E-state index is -0.144. The van der Waals surface area contributed by atoms with Gasteiger partial charge in [0.05, 0.1) is 18.0 Å². The van der Waals surface area contributed by atoms with Gasteiger partial charge in [-0.1, -0.05) is 52.9 Å². The Hall–Kier alpha value is -2.96. The maximum absolute atomic E-state index is 12.1. The summed E-state index contributed by atoms with van der Waals surface area (Å²) in [7, 11) is 0. The van der Waals surface area contributed by atoms with Crippen LogP contribution in [-0.4, -0.2) is 71.9 Å². The Morgan fingerprint density at radius 1 is 0.925 bits per heavy atom. The number of unbranched alkanes of at least 4 members (excludes halogenated alkanes) is 1. The minimum absolute atomic E-state index is 0.0264. The number of rotatable bonds is 18. The Labute approximate surface area is 241 Å². The van der Waals surface area contributed by atoms with Crippen LogP contribution >= 0.6 is 0 Å². The Balaban J connectivity index is 1.94. The molecule has 0 radical (unpaired) electrons. The lowest BCUT2D eigenvalue weighted by atomic mass is 10.1. The highest BCUT2D eigenvalue weighted by atomic mass is 17.1. The first kappa shape index (κ1) is 33.2. The fourth-order valence-electron chi connectivity index (χ4n) is 4.27. The molecule has 0 fully saturated rings. The molecule has 40 heavy (non-hydrogen) atoms. The number of carbonyl (C=O) groups is 1. The van der Waals surface area contributed by atoms with Crippen LogP contribution in [0.25, 0.3) is 0 Å². The van der Waals surface area contributed by atoms with Crippen LogP contribution < -0.4 is 10.1 Å². The van der Waals surface area contributed by atoms with Crippen LogP contribution in [0.2, 0.25) is 0 Å². The van der Waals surface area contributed by atoms with E-state index < -0.39 is 0 Å². The third kappa shape index (κ3) is 12.9. The molecule has 8 heteroatoms. The molecule has 0 saturated carbocycles. The lowest BCUT2D eigenvalue weighted by Gasteiger charge is -2.20. The first-order valence-electron chi connectivity index (χ1n) is 14.6. The van der Waals surface area contributed by atoms with Crippen LogP contribution in [0.4, 0.5) is 0 Å². The first-order valence-corrected chi connectivity index (χ1v) is 14.6. The number of ether oxygens (including phenoxy) is 1. The molecular formula is C32H48N4O4. The molecule has 0 bridgehead atoms. The van der Waals surface area contributed by atoms with Crippen molar-refractivity contribution in [2.24, 2.45) is 5.92 Å². The first-order chi connectivity index (χ1) is 19.4. The molecular weight excluding hydrogens is 504 g/mol. The van der Waals surface area contributed by atoms with Crippen molar-refractivity contribution in [3.63, 3.8) is 0 Å². The van der Waals surface area contributed by atoms with Gasteiger partial charge in [0.1, 0.15) is 5.75 Å². The summed E-state index contributed by atoms with van der Waals surface area (Å²) in [5.41, 5.74) is 3.94. The highest BCUT2D eigenvalue weighted by Crippen LogP contribution is 2.14. The predicted octanol–water partition coefficient (Wildman–Crippen LogP) is 4.96. The largest absolute Gasteiger partial charge is 0.484 e. The lowest BCUT2D eigenvalue weighted by molar-refractivity contribution is -0.250. The van der Waals surface area contributed by atoms with E-state index in [0.29, 0.717) is 24.8 Å². The van der Waals surface area contributed by atoms with Crippen LogP contribution in [0.3, 0.4) is 0 Å². The summed E-state index contributed by atoms with van der Waals surface area (Å²) in [5, 5.41) is 11.3. The SMILES string of the molecule is CCN(CC)Cc1cc(C#Cc2ccc(OCC(=O)NCCCC[C@H](C)COO)cc2)cc(CN(CC)CC)n1. The molecule has 1 aromatic heterocycles. The lowest BCUT2D eigenvalue weighted by Crippen LogP contribution is -2.29. The predicted molar refractivity (Wildman–Crippen MR) is 160 cm³/mol. The molecule has 1 aromatic carbocycles. The van der Waals surface area contributed by atoms with E-state index in [1.807, 2.05) is 31.2 Å². The summed E-state index contributed by atoms with van der Waals surface area (Å²) in [5.74, 6) is 7.37. The Kier molecular flexibility index (Phi) is 15.9. The van der Waals surface area contributed by atoms with Crippen molar-refractivity contribution in [1.29, 1.82) is 0 Å². The fraction of sp³-hybridized carbons (Fsp3) is 0.562. The van der Waals surface area contributed by atoms with Gasteiger partial charge in [-0.05, 0) is 81.3 Å². The zero-order chi connectivity index (χ0) is 29.2. The molecule has 8 nitrogen and oxygen atoms in total. The van der Waals surface area contributed by atoms with Crippen LogP contribution in [0.1, 0.15) is 76.4 Å². The van der Waals surface area contributed by atoms with Crippen LogP contribution in [0.5, 0.6) is 5.75 Å². The number of hydrogen-bond acceptors (Lipinski definition) is 7. The number of hydrogen-bond donors (Lipinski definition) is 2. The van der Waals surface area contributed by atoms with Crippen molar-refractivity contribution in [2.45, 2.75) is 67.0 Å². The second kappa shape index (κ2) is 19.2. The second-order valence-corrected chi connectivity index (χ2v) is 10.1. The number of amides is 1. The van der Waals surface area contributed by atoms with E-state index in [0.717, 1.165) is 81.0 Å². The second-order valence-electron chi connectivity index (χ2n) is 10.1. The molecule has 2 N–H and O–H groups in total. The van der Waals surface area contributed by atoms with Crippen molar-refractivity contribution in [3.05, 3.63) is 58.9 Å². The van der Waals surface area contributed by atoms with Gasteiger partial charge >= 0.3 is 0 Å². The van der Waals surface area contributed by atoms with Crippen LogP contribution in [0.15, 0.2) is 36.4 Å². The summed E-state index contributed by atoms with van der Waals surface area (Å²) in [4.78, 5) is 25.9. The number of nitrogens with one attached hydrogen (secondary N) is 1. The Bertz CT molecular complexity index is 1020. The quantitative estimate of drug-likeness (QED) is 0.117. The van der Waals surface area contributed by atoms with Gasteiger partial charge in [0, 0.05) is 30.8 Å². The Morgan fingerprint density at radius 2 is 1.50 bits per heavy atom. The van der Waals surface area contributed by atoms with E-state index in [9.17, 15) is 4.79 Å². The van der Waals surface area contributed by atoms with Crippen molar-refractivity contribution < 1.29 is 19.7 Å². The average Bonchev–Trinajstić information content (AvgIpc) is 2.97. The number of aromatic nitrogens is 1. The Morgan fingerprint density at radius 3 is 2.05 bits per heavy atom. The van der Waals surface area contributed by atoms with E-state index in [-0.39, 0.29) is 12.5 Å². The van der Waals surface area contributed by atoms with E-state index in [2.05, 4.69) is 71.7 Å². The highest BCUT2D eigenvalue weighted by Gasteiger charge is 2.09. The summed E-state index contributed by atoms with van der Waals surface area (Å²) in [6, 6.07) is 11.7. The maximum atomic E-state index is 12.1.